The standard InChI is InChI=1S/C27H28N8O/c1-3-4-24(36)31-21-10-12-28-23(17-21)26-25-19(9-11-29-26)18-30-27(33-25)32-20-5-7-22(8-6-20)35-15-13-34(2)14-16-35/h3-12,17-18H,13-16H2,1-2H3,(H,28,31,36)(H,30,32,33)/b4-3+. The number of pyridine rings is 2. The van der Waals surface area contributed by atoms with Gasteiger partial charge in [-0.1, -0.05) is 6.08 Å². The molecule has 1 aliphatic rings. The number of hydrogen-bond donors (Lipinski definition) is 2. The summed E-state index contributed by atoms with van der Waals surface area (Å²) in [6.07, 6.45) is 8.28. The summed E-state index contributed by atoms with van der Waals surface area (Å²) in [4.78, 5) is 34.9. The average molecular weight is 481 g/mol. The summed E-state index contributed by atoms with van der Waals surface area (Å²) < 4.78 is 0. The monoisotopic (exact) mass is 480 g/mol. The minimum atomic E-state index is -0.201. The van der Waals surface area contributed by atoms with Gasteiger partial charge >= 0.3 is 0 Å². The van der Waals surface area contributed by atoms with Gasteiger partial charge < -0.3 is 20.4 Å². The van der Waals surface area contributed by atoms with Gasteiger partial charge in [0, 0.05) is 67.2 Å². The van der Waals surface area contributed by atoms with E-state index in [2.05, 4.69) is 54.6 Å². The van der Waals surface area contributed by atoms with Crippen LogP contribution in [0.3, 0.4) is 0 Å². The Kier molecular flexibility index (Phi) is 6.81. The first kappa shape index (κ1) is 23.4. The second kappa shape index (κ2) is 10.5. The molecule has 4 aromatic rings. The molecule has 0 aliphatic carbocycles. The molecule has 0 bridgehead atoms. The molecule has 2 N–H and O–H groups in total. The lowest BCUT2D eigenvalue weighted by molar-refractivity contribution is -0.111. The summed E-state index contributed by atoms with van der Waals surface area (Å²) >= 11 is 0. The molecule has 0 atom stereocenters. The molecule has 182 valence electrons. The molecular weight excluding hydrogens is 452 g/mol. The average Bonchev–Trinajstić information content (AvgIpc) is 2.89. The van der Waals surface area contributed by atoms with Gasteiger partial charge in [0.15, 0.2) is 0 Å². The van der Waals surface area contributed by atoms with Crippen LogP contribution in [0.25, 0.3) is 22.3 Å². The number of nitrogens with zero attached hydrogens (tertiary/aromatic N) is 6. The quantitative estimate of drug-likeness (QED) is 0.398. The fourth-order valence-corrected chi connectivity index (χ4v) is 4.13. The first-order valence-corrected chi connectivity index (χ1v) is 11.9. The highest BCUT2D eigenvalue weighted by molar-refractivity contribution is 5.99. The van der Waals surface area contributed by atoms with Crippen molar-refractivity contribution in [2.24, 2.45) is 0 Å². The number of piperazine rings is 1. The lowest BCUT2D eigenvalue weighted by atomic mass is 10.1. The minimum absolute atomic E-state index is 0.201. The Labute approximate surface area is 209 Å². The Morgan fingerprint density at radius 1 is 0.944 bits per heavy atom. The Balaban J connectivity index is 1.38. The number of carbonyl (C=O) groups is 1. The molecule has 1 aliphatic heterocycles. The number of nitrogens with one attached hydrogen (secondary N) is 2. The Bertz CT molecular complexity index is 1390. The van der Waals surface area contributed by atoms with Gasteiger partial charge in [-0.15, -0.1) is 0 Å². The molecule has 1 amide bonds. The van der Waals surface area contributed by atoms with Gasteiger partial charge in [-0.2, -0.15) is 0 Å². The van der Waals surface area contributed by atoms with E-state index < -0.39 is 0 Å². The fraction of sp³-hybridized carbons (Fsp3) is 0.222. The van der Waals surface area contributed by atoms with E-state index in [1.807, 2.05) is 18.2 Å². The SMILES string of the molecule is C/C=C/C(=O)Nc1ccnc(-c2nccc3cnc(Nc4ccc(N5CCN(C)CC5)cc4)nc23)c1. The van der Waals surface area contributed by atoms with Crippen LogP contribution in [0.15, 0.2) is 73.2 Å². The van der Waals surface area contributed by atoms with Gasteiger partial charge in [0.1, 0.15) is 11.2 Å². The highest BCUT2D eigenvalue weighted by Gasteiger charge is 2.15. The van der Waals surface area contributed by atoms with E-state index >= 15 is 0 Å². The predicted molar refractivity (Wildman–Crippen MR) is 143 cm³/mol. The molecule has 5 rings (SSSR count). The lowest BCUT2D eigenvalue weighted by Crippen LogP contribution is -2.44. The zero-order valence-electron chi connectivity index (χ0n) is 20.3. The fourth-order valence-electron chi connectivity index (χ4n) is 4.13. The van der Waals surface area contributed by atoms with Crippen LogP contribution in [0.2, 0.25) is 0 Å². The summed E-state index contributed by atoms with van der Waals surface area (Å²) in [6, 6.07) is 13.7. The van der Waals surface area contributed by atoms with Crippen LogP contribution in [0, 0.1) is 0 Å². The summed E-state index contributed by atoms with van der Waals surface area (Å²) in [5.74, 6) is 0.273. The third-order valence-electron chi connectivity index (χ3n) is 6.08. The molecule has 0 spiro atoms. The minimum Gasteiger partial charge on any atom is -0.369 e. The predicted octanol–water partition coefficient (Wildman–Crippen LogP) is 4.10. The number of aromatic nitrogens is 4. The van der Waals surface area contributed by atoms with E-state index in [1.54, 1.807) is 43.7 Å². The maximum atomic E-state index is 11.9. The van der Waals surface area contributed by atoms with Gasteiger partial charge in [-0.05, 0) is 62.5 Å². The van der Waals surface area contributed by atoms with E-state index in [0.717, 1.165) is 37.3 Å². The van der Waals surface area contributed by atoms with Crippen molar-refractivity contribution in [2.45, 2.75) is 6.92 Å². The number of likely N-dealkylation sites (N-methyl/N-ethyl adjacent to an activating group) is 1. The number of carbonyl (C=O) groups excluding carboxylic acids is 1. The Hall–Kier alpha value is -4.37. The molecule has 1 fully saturated rings. The largest absolute Gasteiger partial charge is 0.369 e. The number of rotatable bonds is 6. The van der Waals surface area contributed by atoms with E-state index in [9.17, 15) is 4.79 Å². The molecule has 4 heterocycles. The third kappa shape index (κ3) is 5.31. The first-order valence-electron chi connectivity index (χ1n) is 11.9. The molecule has 3 aromatic heterocycles. The first-order chi connectivity index (χ1) is 17.6. The molecule has 0 saturated carbocycles. The zero-order valence-corrected chi connectivity index (χ0v) is 20.3. The van der Waals surface area contributed by atoms with Gasteiger partial charge in [0.05, 0.1) is 5.69 Å². The molecular formula is C27H28N8O. The summed E-state index contributed by atoms with van der Waals surface area (Å²) in [5.41, 5.74) is 4.66. The zero-order chi connectivity index (χ0) is 24.9. The second-order valence-corrected chi connectivity index (χ2v) is 8.67. The van der Waals surface area contributed by atoms with Crippen LogP contribution >= 0.6 is 0 Å². The molecule has 0 unspecified atom stereocenters. The van der Waals surface area contributed by atoms with Crippen LogP contribution in [0.1, 0.15) is 6.92 Å². The normalized spacial score (nSPS) is 14.3. The van der Waals surface area contributed by atoms with Crippen molar-refractivity contribution in [2.75, 3.05) is 48.8 Å². The highest BCUT2D eigenvalue weighted by atomic mass is 16.1. The van der Waals surface area contributed by atoms with Crippen molar-refractivity contribution in [1.29, 1.82) is 0 Å². The topological polar surface area (TPSA) is 99.2 Å². The summed E-state index contributed by atoms with van der Waals surface area (Å²) in [7, 11) is 2.16. The number of anilines is 4. The summed E-state index contributed by atoms with van der Waals surface area (Å²) in [5, 5.41) is 6.98. The van der Waals surface area contributed by atoms with Crippen molar-refractivity contribution in [3.05, 3.63) is 73.2 Å². The Morgan fingerprint density at radius 2 is 1.72 bits per heavy atom. The second-order valence-electron chi connectivity index (χ2n) is 8.67. The van der Waals surface area contributed by atoms with E-state index in [1.165, 1.54) is 11.8 Å². The van der Waals surface area contributed by atoms with Gasteiger partial charge in [0.2, 0.25) is 11.9 Å². The number of amides is 1. The molecule has 1 saturated heterocycles. The summed E-state index contributed by atoms with van der Waals surface area (Å²) in [6.45, 7) is 6.00. The van der Waals surface area contributed by atoms with Crippen molar-refractivity contribution in [3.8, 4) is 11.4 Å². The highest BCUT2D eigenvalue weighted by Crippen LogP contribution is 2.27. The van der Waals surface area contributed by atoms with Crippen LogP contribution in [-0.2, 0) is 4.79 Å². The van der Waals surface area contributed by atoms with Crippen LogP contribution in [0.4, 0.5) is 23.0 Å². The molecule has 36 heavy (non-hydrogen) atoms. The van der Waals surface area contributed by atoms with Gasteiger partial charge in [0.25, 0.3) is 0 Å². The van der Waals surface area contributed by atoms with Crippen molar-refractivity contribution >= 4 is 39.8 Å². The van der Waals surface area contributed by atoms with Crippen LogP contribution in [0.5, 0.6) is 0 Å². The number of fused-ring (bicyclic) bond motifs is 1. The maximum absolute atomic E-state index is 11.9. The van der Waals surface area contributed by atoms with Gasteiger partial charge in [-0.3, -0.25) is 14.8 Å². The van der Waals surface area contributed by atoms with E-state index in [0.29, 0.717) is 28.5 Å². The van der Waals surface area contributed by atoms with Crippen molar-refractivity contribution in [3.63, 3.8) is 0 Å². The number of hydrogen-bond acceptors (Lipinski definition) is 8. The molecule has 9 nitrogen and oxygen atoms in total. The van der Waals surface area contributed by atoms with E-state index in [-0.39, 0.29) is 5.91 Å². The molecule has 0 radical (unpaired) electrons. The van der Waals surface area contributed by atoms with E-state index in [4.69, 9.17) is 4.98 Å². The molecule has 1 aromatic carbocycles. The Morgan fingerprint density at radius 3 is 2.50 bits per heavy atom. The molecule has 9 heteroatoms. The number of benzene rings is 1. The maximum Gasteiger partial charge on any atom is 0.248 e. The van der Waals surface area contributed by atoms with Crippen molar-refractivity contribution in [1.82, 2.24) is 24.8 Å². The van der Waals surface area contributed by atoms with Crippen LogP contribution in [-0.4, -0.2) is 64.0 Å². The van der Waals surface area contributed by atoms with Crippen LogP contribution < -0.4 is 15.5 Å². The lowest BCUT2D eigenvalue weighted by Gasteiger charge is -2.34. The van der Waals surface area contributed by atoms with Gasteiger partial charge in [-0.25, -0.2) is 9.97 Å². The van der Waals surface area contributed by atoms with Crippen molar-refractivity contribution < 1.29 is 4.79 Å². The number of allylic oxidation sites excluding steroid dienone is 1. The smallest absolute Gasteiger partial charge is 0.248 e. The third-order valence-corrected chi connectivity index (χ3v) is 6.08.